The summed E-state index contributed by atoms with van der Waals surface area (Å²) in [6, 6.07) is 14.4. The van der Waals surface area contributed by atoms with Gasteiger partial charge in [0.15, 0.2) is 11.6 Å². The van der Waals surface area contributed by atoms with Crippen LogP contribution in [0.2, 0.25) is 0 Å². The molecule has 2 aromatic carbocycles. The Hall–Kier alpha value is -3.62. The maximum absolute atomic E-state index is 12.7. The van der Waals surface area contributed by atoms with Gasteiger partial charge in [-0.05, 0) is 36.6 Å². The third-order valence-electron chi connectivity index (χ3n) is 5.24. The van der Waals surface area contributed by atoms with Crippen LogP contribution in [0.1, 0.15) is 49.7 Å². The Bertz CT molecular complexity index is 1370. The molecule has 2 heterocycles. The minimum Gasteiger partial charge on any atom is -0.457 e. The molecule has 0 aliphatic carbocycles. The Morgan fingerprint density at radius 2 is 1.91 bits per heavy atom. The number of nitrogens with one attached hydrogen (secondary N) is 1. The molecule has 4 aromatic rings. The van der Waals surface area contributed by atoms with Crippen molar-refractivity contribution >= 4 is 33.3 Å². The Labute approximate surface area is 193 Å². The number of rotatable bonds is 8. The average molecular weight is 463 g/mol. The molecule has 0 saturated carbocycles. The van der Waals surface area contributed by atoms with Crippen molar-refractivity contribution < 1.29 is 19.4 Å². The molecule has 2 aromatic heterocycles. The van der Waals surface area contributed by atoms with Crippen LogP contribution in [0.15, 0.2) is 58.7 Å². The summed E-state index contributed by atoms with van der Waals surface area (Å²) in [5.74, 6) is -0.732. The van der Waals surface area contributed by atoms with Gasteiger partial charge in [0.2, 0.25) is 0 Å². The van der Waals surface area contributed by atoms with E-state index in [1.807, 2.05) is 31.2 Å². The Morgan fingerprint density at radius 1 is 1.12 bits per heavy atom. The van der Waals surface area contributed by atoms with Crippen LogP contribution in [0.25, 0.3) is 10.2 Å². The first-order valence-electron chi connectivity index (χ1n) is 10.4. The molecule has 4 rings (SSSR count). The topological polar surface area (TPSA) is 109 Å². The SMILES string of the molecule is Cc1cccc(CCC(=O)c2nc3scc(COC(=O)c4ccc(CO)cc4)c3c(=O)[nH]2)c1. The van der Waals surface area contributed by atoms with Gasteiger partial charge in [0.25, 0.3) is 5.56 Å². The van der Waals surface area contributed by atoms with Crippen LogP contribution in [0.3, 0.4) is 0 Å². The number of ketones is 1. The second-order valence-corrected chi connectivity index (χ2v) is 8.56. The molecule has 8 heteroatoms. The van der Waals surface area contributed by atoms with Gasteiger partial charge >= 0.3 is 5.97 Å². The van der Waals surface area contributed by atoms with E-state index in [-0.39, 0.29) is 31.2 Å². The first-order chi connectivity index (χ1) is 15.9. The third-order valence-corrected chi connectivity index (χ3v) is 6.16. The third kappa shape index (κ3) is 5.24. The lowest BCUT2D eigenvalue weighted by Gasteiger charge is -2.05. The quantitative estimate of drug-likeness (QED) is 0.303. The number of H-pyrrole nitrogens is 1. The number of aliphatic hydroxyl groups is 1. The zero-order valence-electron chi connectivity index (χ0n) is 18.0. The van der Waals surface area contributed by atoms with Gasteiger partial charge in [0.1, 0.15) is 11.4 Å². The molecule has 0 saturated heterocycles. The molecule has 0 aliphatic rings. The normalized spacial score (nSPS) is 11.0. The predicted molar refractivity (Wildman–Crippen MR) is 126 cm³/mol. The molecule has 0 amide bonds. The van der Waals surface area contributed by atoms with Crippen LogP contribution in [-0.4, -0.2) is 26.8 Å². The fourth-order valence-corrected chi connectivity index (χ4v) is 4.39. The summed E-state index contributed by atoms with van der Waals surface area (Å²) >= 11 is 1.23. The highest BCUT2D eigenvalue weighted by Gasteiger charge is 2.17. The number of esters is 1. The molecule has 33 heavy (non-hydrogen) atoms. The van der Waals surface area contributed by atoms with Crippen molar-refractivity contribution in [1.82, 2.24) is 9.97 Å². The van der Waals surface area contributed by atoms with Crippen molar-refractivity contribution in [3.05, 3.63) is 97.9 Å². The number of aliphatic hydroxyl groups excluding tert-OH is 1. The van der Waals surface area contributed by atoms with E-state index in [9.17, 15) is 14.4 Å². The zero-order valence-corrected chi connectivity index (χ0v) is 18.8. The lowest BCUT2D eigenvalue weighted by molar-refractivity contribution is 0.0474. The van der Waals surface area contributed by atoms with Gasteiger partial charge in [0.05, 0.1) is 17.6 Å². The van der Waals surface area contributed by atoms with Gasteiger partial charge in [-0.1, -0.05) is 42.0 Å². The minimum atomic E-state index is -0.536. The van der Waals surface area contributed by atoms with Gasteiger partial charge in [-0.3, -0.25) is 9.59 Å². The van der Waals surface area contributed by atoms with E-state index < -0.39 is 11.5 Å². The Balaban J connectivity index is 1.45. The van der Waals surface area contributed by atoms with Crippen molar-refractivity contribution in [2.75, 3.05) is 0 Å². The number of ether oxygens (including phenoxy) is 1. The molecular weight excluding hydrogens is 440 g/mol. The van der Waals surface area contributed by atoms with Gasteiger partial charge < -0.3 is 14.8 Å². The molecule has 0 aliphatic heterocycles. The number of aromatic nitrogens is 2. The van der Waals surface area contributed by atoms with Crippen molar-refractivity contribution in [2.45, 2.75) is 33.0 Å². The highest BCUT2D eigenvalue weighted by atomic mass is 32.1. The van der Waals surface area contributed by atoms with E-state index in [1.54, 1.807) is 29.6 Å². The van der Waals surface area contributed by atoms with Crippen LogP contribution in [0.5, 0.6) is 0 Å². The lowest BCUT2D eigenvalue weighted by atomic mass is 10.1. The first kappa shape index (κ1) is 22.6. The van der Waals surface area contributed by atoms with Crippen LogP contribution < -0.4 is 5.56 Å². The number of hydrogen-bond acceptors (Lipinski definition) is 7. The molecule has 0 spiro atoms. The number of thiophene rings is 1. The van der Waals surface area contributed by atoms with Gasteiger partial charge in [-0.15, -0.1) is 11.3 Å². The maximum Gasteiger partial charge on any atom is 0.338 e. The highest BCUT2D eigenvalue weighted by molar-refractivity contribution is 7.16. The Kier molecular flexibility index (Phi) is 6.76. The molecule has 0 fully saturated rings. The van der Waals surface area contributed by atoms with Gasteiger partial charge in [-0.25, -0.2) is 9.78 Å². The van der Waals surface area contributed by atoms with E-state index in [0.29, 0.717) is 33.3 Å². The number of carbonyl (C=O) groups is 2. The molecule has 2 N–H and O–H groups in total. The van der Waals surface area contributed by atoms with E-state index >= 15 is 0 Å². The number of hydrogen-bond donors (Lipinski definition) is 2. The number of carbonyl (C=O) groups excluding carboxylic acids is 2. The maximum atomic E-state index is 12.7. The van der Waals surface area contributed by atoms with Crippen molar-refractivity contribution in [1.29, 1.82) is 0 Å². The average Bonchev–Trinajstić information content (AvgIpc) is 3.24. The lowest BCUT2D eigenvalue weighted by Crippen LogP contribution is -2.16. The van der Waals surface area contributed by atoms with Crippen LogP contribution in [-0.2, 0) is 24.4 Å². The van der Waals surface area contributed by atoms with E-state index in [2.05, 4.69) is 9.97 Å². The summed E-state index contributed by atoms with van der Waals surface area (Å²) < 4.78 is 5.34. The van der Waals surface area contributed by atoms with E-state index in [0.717, 1.165) is 11.1 Å². The summed E-state index contributed by atoms with van der Waals surface area (Å²) in [6.07, 6.45) is 0.802. The standard InChI is InChI=1S/C25H22N2O5S/c1-15-3-2-4-16(11-15)7-10-20(29)22-26-23(30)21-19(14-33-24(21)27-22)13-32-25(31)18-8-5-17(12-28)6-9-18/h2-6,8-9,11,14,28H,7,10,12-13H2,1H3,(H,26,27,30). The fourth-order valence-electron chi connectivity index (χ4n) is 3.46. The second kappa shape index (κ2) is 9.89. The first-order valence-corrected chi connectivity index (χ1v) is 11.3. The molecule has 0 radical (unpaired) electrons. The second-order valence-electron chi connectivity index (χ2n) is 7.70. The molecule has 0 bridgehead atoms. The molecule has 7 nitrogen and oxygen atoms in total. The minimum absolute atomic E-state index is 0.0366. The van der Waals surface area contributed by atoms with E-state index in [4.69, 9.17) is 9.84 Å². The summed E-state index contributed by atoms with van der Waals surface area (Å²) in [4.78, 5) is 44.9. The summed E-state index contributed by atoms with van der Waals surface area (Å²) in [5, 5.41) is 11.1. The number of nitrogens with zero attached hydrogens (tertiary/aromatic N) is 1. The number of fused-ring (bicyclic) bond motifs is 1. The van der Waals surface area contributed by atoms with Crippen LogP contribution >= 0.6 is 11.3 Å². The van der Waals surface area contributed by atoms with Crippen molar-refractivity contribution in [3.8, 4) is 0 Å². The number of Topliss-reactive ketones (excluding diaryl/α,β-unsaturated/α-hetero) is 1. The highest BCUT2D eigenvalue weighted by Crippen LogP contribution is 2.22. The monoisotopic (exact) mass is 462 g/mol. The molecule has 168 valence electrons. The summed E-state index contributed by atoms with van der Waals surface area (Å²) in [6.45, 7) is 1.80. The molecule has 0 unspecified atom stereocenters. The zero-order chi connectivity index (χ0) is 23.4. The van der Waals surface area contributed by atoms with Crippen LogP contribution in [0, 0.1) is 6.92 Å². The van der Waals surface area contributed by atoms with Crippen molar-refractivity contribution in [2.24, 2.45) is 0 Å². The number of aryl methyl sites for hydroxylation is 2. The summed E-state index contributed by atoms with van der Waals surface area (Å²) in [7, 11) is 0. The van der Waals surface area contributed by atoms with Gasteiger partial charge in [0, 0.05) is 17.4 Å². The van der Waals surface area contributed by atoms with Gasteiger partial charge in [-0.2, -0.15) is 0 Å². The van der Waals surface area contributed by atoms with E-state index in [1.165, 1.54) is 11.3 Å². The predicted octanol–water partition coefficient (Wildman–Crippen LogP) is 3.96. The largest absolute Gasteiger partial charge is 0.457 e. The smallest absolute Gasteiger partial charge is 0.338 e. The van der Waals surface area contributed by atoms with Crippen LogP contribution in [0.4, 0.5) is 0 Å². The van der Waals surface area contributed by atoms with Crippen molar-refractivity contribution in [3.63, 3.8) is 0 Å². The number of benzene rings is 2. The Morgan fingerprint density at radius 3 is 2.64 bits per heavy atom. The fraction of sp³-hybridized carbons (Fsp3) is 0.200. The molecular formula is C25H22N2O5S. The number of aromatic amines is 1. The summed E-state index contributed by atoms with van der Waals surface area (Å²) in [5.41, 5.74) is 3.32. The molecule has 0 atom stereocenters.